The summed E-state index contributed by atoms with van der Waals surface area (Å²) in [6.07, 6.45) is 0. The van der Waals surface area contributed by atoms with Gasteiger partial charge in [-0.2, -0.15) is 0 Å². The van der Waals surface area contributed by atoms with Crippen LogP contribution in [0.2, 0.25) is 0 Å². The first-order chi connectivity index (χ1) is 13.8. The second-order valence-electron chi connectivity index (χ2n) is 7.44. The monoisotopic (exact) mass is 360 g/mol. The first-order valence-electron chi connectivity index (χ1n) is 10.2. The Bertz CT molecular complexity index is 1150. The average Bonchev–Trinajstić information content (AvgIpc) is 3.22. The summed E-state index contributed by atoms with van der Waals surface area (Å²) in [7, 11) is 0. The molecule has 2 aliphatic rings. The summed E-state index contributed by atoms with van der Waals surface area (Å²) in [5, 5.41) is 0. The number of rotatable bonds is 0. The molecular weight excluding hydrogens is 336 g/mol. The van der Waals surface area contributed by atoms with Crippen LogP contribution in [-0.4, -0.2) is 0 Å². The van der Waals surface area contributed by atoms with Crippen LogP contribution in [0.5, 0.6) is 0 Å². The molecule has 0 unspecified atom stereocenters. The van der Waals surface area contributed by atoms with E-state index in [9.17, 15) is 0 Å². The number of fused-ring (bicyclic) bond motifs is 10. The molecule has 136 valence electrons. The zero-order valence-corrected chi connectivity index (χ0v) is 16.7. The van der Waals surface area contributed by atoms with Gasteiger partial charge in [0.25, 0.3) is 0 Å². The van der Waals surface area contributed by atoms with E-state index in [4.69, 9.17) is 0 Å². The molecule has 0 saturated heterocycles. The molecule has 0 amide bonds. The van der Waals surface area contributed by atoms with E-state index in [-0.39, 0.29) is 5.41 Å². The maximum Gasteiger partial charge on any atom is 0.0725 e. The summed E-state index contributed by atoms with van der Waals surface area (Å²) >= 11 is 0. The van der Waals surface area contributed by atoms with Crippen molar-refractivity contribution in [3.05, 3.63) is 119 Å². The molecule has 0 fully saturated rings. The molecule has 4 aromatic rings. The number of hydrogen-bond acceptors (Lipinski definition) is 0. The largest absolute Gasteiger partial charge is 0.0725 e. The Labute approximate surface area is 167 Å². The van der Waals surface area contributed by atoms with Gasteiger partial charge in [0.1, 0.15) is 0 Å². The van der Waals surface area contributed by atoms with Crippen molar-refractivity contribution in [2.24, 2.45) is 0 Å². The lowest BCUT2D eigenvalue weighted by atomic mass is 9.70. The first-order valence-corrected chi connectivity index (χ1v) is 10.2. The van der Waals surface area contributed by atoms with Gasteiger partial charge in [-0.25, -0.2) is 0 Å². The van der Waals surface area contributed by atoms with E-state index in [0.29, 0.717) is 0 Å². The Morgan fingerprint density at radius 3 is 1.36 bits per heavy atom. The fourth-order valence-corrected chi connectivity index (χ4v) is 5.21. The van der Waals surface area contributed by atoms with E-state index in [1.54, 1.807) is 0 Å². The standard InChI is InChI=1S/C26H18.C2H6/c1-17-14-15-25-21(16-17)20-10-4-7-13-24(20)26(25)22-11-5-2-8-18(22)19-9-3-6-12-23(19)26;1-2/h2-16H,1H3;1-2H3. The molecule has 0 atom stereocenters. The molecule has 6 rings (SSSR count). The second-order valence-corrected chi connectivity index (χ2v) is 7.44. The third-order valence-corrected chi connectivity index (χ3v) is 6.15. The Morgan fingerprint density at radius 2 is 0.857 bits per heavy atom. The fourth-order valence-electron chi connectivity index (χ4n) is 5.21. The zero-order chi connectivity index (χ0) is 19.3. The fraction of sp³-hybridized carbons (Fsp3) is 0.143. The number of aryl methyl sites for hydroxylation is 1. The highest BCUT2D eigenvalue weighted by atomic mass is 14.5. The van der Waals surface area contributed by atoms with Crippen molar-refractivity contribution >= 4 is 0 Å². The molecule has 0 heteroatoms. The van der Waals surface area contributed by atoms with Crippen LogP contribution in [0, 0.1) is 6.92 Å². The predicted octanol–water partition coefficient (Wildman–Crippen LogP) is 7.36. The summed E-state index contributed by atoms with van der Waals surface area (Å²) in [4.78, 5) is 0. The van der Waals surface area contributed by atoms with E-state index >= 15 is 0 Å². The van der Waals surface area contributed by atoms with Crippen LogP contribution in [0.25, 0.3) is 22.3 Å². The maximum atomic E-state index is 2.35. The lowest BCUT2D eigenvalue weighted by molar-refractivity contribution is 0.793. The Balaban J connectivity index is 0.000000829. The smallest absolute Gasteiger partial charge is 0.0683 e. The predicted molar refractivity (Wildman–Crippen MR) is 119 cm³/mol. The molecule has 4 aromatic carbocycles. The molecule has 1 spiro atoms. The molecule has 0 radical (unpaired) electrons. The van der Waals surface area contributed by atoms with E-state index < -0.39 is 0 Å². The average molecular weight is 361 g/mol. The van der Waals surface area contributed by atoms with Crippen molar-refractivity contribution in [3.63, 3.8) is 0 Å². The molecule has 28 heavy (non-hydrogen) atoms. The molecule has 0 heterocycles. The molecule has 0 bridgehead atoms. The molecule has 0 N–H and O–H groups in total. The van der Waals surface area contributed by atoms with Crippen LogP contribution in [0.4, 0.5) is 0 Å². The topological polar surface area (TPSA) is 0 Å². The van der Waals surface area contributed by atoms with Gasteiger partial charge in [-0.3, -0.25) is 0 Å². The van der Waals surface area contributed by atoms with Crippen LogP contribution in [0.15, 0.2) is 91.0 Å². The maximum absolute atomic E-state index is 2.35. The zero-order valence-electron chi connectivity index (χ0n) is 16.7. The highest BCUT2D eigenvalue weighted by Crippen LogP contribution is 2.62. The quantitative estimate of drug-likeness (QED) is 0.265. The summed E-state index contributed by atoms with van der Waals surface area (Å²) < 4.78 is 0. The summed E-state index contributed by atoms with van der Waals surface area (Å²) in [5.74, 6) is 0. The van der Waals surface area contributed by atoms with E-state index in [1.807, 2.05) is 13.8 Å². The highest BCUT2D eigenvalue weighted by Gasteiger charge is 2.51. The van der Waals surface area contributed by atoms with E-state index in [0.717, 1.165) is 0 Å². The second kappa shape index (κ2) is 6.21. The van der Waals surface area contributed by atoms with Crippen molar-refractivity contribution in [1.82, 2.24) is 0 Å². The van der Waals surface area contributed by atoms with Gasteiger partial charge in [-0.15, -0.1) is 0 Å². The van der Waals surface area contributed by atoms with Gasteiger partial charge >= 0.3 is 0 Å². The molecule has 0 nitrogen and oxygen atoms in total. The van der Waals surface area contributed by atoms with Crippen LogP contribution >= 0.6 is 0 Å². The van der Waals surface area contributed by atoms with Gasteiger partial charge in [0.05, 0.1) is 5.41 Å². The van der Waals surface area contributed by atoms with Gasteiger partial charge in [-0.1, -0.05) is 110 Å². The lowest BCUT2D eigenvalue weighted by Crippen LogP contribution is -2.25. The number of benzene rings is 4. The summed E-state index contributed by atoms with van der Waals surface area (Å²) in [6, 6.07) is 33.8. The normalized spacial score (nSPS) is 13.8. The summed E-state index contributed by atoms with van der Waals surface area (Å²) in [5.41, 5.74) is 12.3. The SMILES string of the molecule is CC.Cc1ccc2c(c1)-c1ccccc1C21c2ccccc2-c2ccccc21. The van der Waals surface area contributed by atoms with Crippen LogP contribution in [-0.2, 0) is 5.41 Å². The van der Waals surface area contributed by atoms with Gasteiger partial charge in [0, 0.05) is 0 Å². The minimum absolute atomic E-state index is 0.188. The molecule has 0 saturated carbocycles. The first kappa shape index (κ1) is 17.0. The van der Waals surface area contributed by atoms with Gasteiger partial charge < -0.3 is 0 Å². The van der Waals surface area contributed by atoms with Crippen molar-refractivity contribution in [2.45, 2.75) is 26.2 Å². The molecular formula is C28H24. The third kappa shape index (κ3) is 1.95. The Hall–Kier alpha value is -3.12. The Kier molecular flexibility index (Phi) is 3.77. The lowest BCUT2D eigenvalue weighted by Gasteiger charge is -2.30. The van der Waals surface area contributed by atoms with Gasteiger partial charge in [-0.05, 0) is 51.4 Å². The van der Waals surface area contributed by atoms with Crippen LogP contribution < -0.4 is 0 Å². The van der Waals surface area contributed by atoms with Crippen LogP contribution in [0.1, 0.15) is 41.7 Å². The third-order valence-electron chi connectivity index (χ3n) is 6.15. The molecule has 0 aromatic heterocycles. The van der Waals surface area contributed by atoms with E-state index in [1.165, 1.54) is 50.1 Å². The Morgan fingerprint density at radius 1 is 0.464 bits per heavy atom. The summed E-state index contributed by atoms with van der Waals surface area (Å²) in [6.45, 7) is 6.18. The number of hydrogen-bond donors (Lipinski definition) is 0. The van der Waals surface area contributed by atoms with Crippen LogP contribution in [0.3, 0.4) is 0 Å². The molecule has 0 aliphatic heterocycles. The van der Waals surface area contributed by atoms with E-state index in [2.05, 4.69) is 97.9 Å². The van der Waals surface area contributed by atoms with Crippen molar-refractivity contribution in [3.8, 4) is 22.3 Å². The minimum atomic E-state index is -0.188. The minimum Gasteiger partial charge on any atom is -0.0683 e. The van der Waals surface area contributed by atoms with Crippen molar-refractivity contribution in [1.29, 1.82) is 0 Å². The highest BCUT2D eigenvalue weighted by molar-refractivity contribution is 5.94. The molecule has 2 aliphatic carbocycles. The van der Waals surface area contributed by atoms with Gasteiger partial charge in [0.15, 0.2) is 0 Å². The van der Waals surface area contributed by atoms with Crippen molar-refractivity contribution < 1.29 is 0 Å². The van der Waals surface area contributed by atoms with Crippen molar-refractivity contribution in [2.75, 3.05) is 0 Å². The van der Waals surface area contributed by atoms with Gasteiger partial charge in [0.2, 0.25) is 0 Å².